The minimum absolute atomic E-state index is 0.108. The van der Waals surface area contributed by atoms with Crippen LogP contribution in [0.4, 0.5) is 0 Å². The Bertz CT molecular complexity index is 568. The third-order valence-corrected chi connectivity index (χ3v) is 19.8. The predicted octanol–water partition coefficient (Wildman–Crippen LogP) is 3.91. The summed E-state index contributed by atoms with van der Waals surface area (Å²) in [4.78, 5) is 48.6. The number of carbonyl (C=O) groups is 4. The molecule has 0 aliphatic rings. The number of rotatable bonds is 20. The predicted molar refractivity (Wildman–Crippen MR) is 128 cm³/mol. The molecule has 0 spiro atoms. The maximum absolute atomic E-state index is 12.1. The van der Waals surface area contributed by atoms with Gasteiger partial charge in [0.1, 0.15) is 0 Å². The normalized spacial score (nSPS) is 10.4. The van der Waals surface area contributed by atoms with E-state index >= 15 is 0 Å². The first kappa shape index (κ1) is 30.6. The second kappa shape index (κ2) is 19.1. The van der Waals surface area contributed by atoms with Gasteiger partial charge in [0.15, 0.2) is 0 Å². The number of esters is 4. The van der Waals surface area contributed by atoms with E-state index in [1.54, 1.807) is 0 Å². The SMILES string of the molecule is C=CCOC(=O)C[CH2][Sn]([CH2]CC(=O)OCC=C)([CH2]CC(=O)OCC=C)[CH2]CC(=O)OCC=C. The molecule has 0 atom stereocenters. The standard InChI is InChI=1S/4C6H9O2.Sn/c4*1-3-5-8-6(7)4-2;/h4*3H,1-2,4-5H2;. The fourth-order valence-electron chi connectivity index (χ4n) is 3.12. The zero-order chi connectivity index (χ0) is 25.0. The fourth-order valence-corrected chi connectivity index (χ4v) is 15.8. The molecule has 0 rings (SSSR count). The molecule has 0 aliphatic carbocycles. The van der Waals surface area contributed by atoms with E-state index in [9.17, 15) is 19.2 Å². The van der Waals surface area contributed by atoms with Crippen LogP contribution in [-0.4, -0.2) is 68.7 Å². The van der Waals surface area contributed by atoms with Crippen molar-refractivity contribution < 1.29 is 38.1 Å². The monoisotopic (exact) mass is 572 g/mol. The Balaban J connectivity index is 5.49. The average molecular weight is 571 g/mol. The van der Waals surface area contributed by atoms with Crippen LogP contribution < -0.4 is 0 Å². The summed E-state index contributed by atoms with van der Waals surface area (Å²) >= 11 is -3.44. The number of carbonyl (C=O) groups excluding carboxylic acids is 4. The van der Waals surface area contributed by atoms with Crippen LogP contribution in [0.5, 0.6) is 0 Å². The summed E-state index contributed by atoms with van der Waals surface area (Å²) in [6, 6.07) is 0. The summed E-state index contributed by atoms with van der Waals surface area (Å²) in [6.45, 7) is 14.5. The van der Waals surface area contributed by atoms with Crippen molar-refractivity contribution in [3.63, 3.8) is 0 Å². The van der Waals surface area contributed by atoms with Crippen LogP contribution >= 0.6 is 0 Å². The van der Waals surface area contributed by atoms with E-state index < -0.39 is 18.4 Å². The van der Waals surface area contributed by atoms with E-state index in [1.165, 1.54) is 24.3 Å². The molecule has 0 aromatic carbocycles. The molecule has 33 heavy (non-hydrogen) atoms. The third kappa shape index (κ3) is 16.0. The first-order valence-corrected chi connectivity index (χ1v) is 19.0. The van der Waals surface area contributed by atoms with Crippen molar-refractivity contribution in [2.24, 2.45) is 0 Å². The Labute approximate surface area is 200 Å². The molecule has 0 radical (unpaired) electrons. The number of hydrogen-bond donors (Lipinski definition) is 0. The molecule has 0 unspecified atom stereocenters. The molecule has 0 aromatic heterocycles. The van der Waals surface area contributed by atoms with Gasteiger partial charge in [-0.1, -0.05) is 0 Å². The van der Waals surface area contributed by atoms with Crippen molar-refractivity contribution in [3.05, 3.63) is 50.6 Å². The number of ether oxygens (including phenoxy) is 4. The summed E-state index contributed by atoms with van der Waals surface area (Å²) in [6.07, 6.45) is 6.52. The van der Waals surface area contributed by atoms with Crippen LogP contribution in [-0.2, 0) is 38.1 Å². The molecule has 9 heteroatoms. The van der Waals surface area contributed by atoms with Gasteiger partial charge in [-0.25, -0.2) is 0 Å². The molecule has 0 fully saturated rings. The molecule has 0 amide bonds. The zero-order valence-electron chi connectivity index (χ0n) is 19.4. The summed E-state index contributed by atoms with van der Waals surface area (Å²) in [5, 5.41) is 0. The van der Waals surface area contributed by atoms with Gasteiger partial charge in [0, 0.05) is 0 Å². The Morgan fingerprint density at radius 2 is 0.697 bits per heavy atom. The molecule has 0 bridgehead atoms. The quantitative estimate of drug-likeness (QED) is 0.0938. The van der Waals surface area contributed by atoms with Crippen LogP contribution in [0.3, 0.4) is 0 Å². The van der Waals surface area contributed by atoms with Crippen LogP contribution in [0, 0.1) is 0 Å². The Morgan fingerprint density at radius 1 is 0.485 bits per heavy atom. The van der Waals surface area contributed by atoms with Crippen LogP contribution in [0.15, 0.2) is 50.6 Å². The van der Waals surface area contributed by atoms with Gasteiger partial charge in [0.05, 0.1) is 0 Å². The molecule has 0 saturated heterocycles. The summed E-state index contributed by atoms with van der Waals surface area (Å²) in [5.74, 6) is -1.52. The summed E-state index contributed by atoms with van der Waals surface area (Å²) in [5.41, 5.74) is 0. The molecular weight excluding hydrogens is 535 g/mol. The maximum atomic E-state index is 12.1. The van der Waals surface area contributed by atoms with Gasteiger partial charge in [-0.2, -0.15) is 0 Å². The topological polar surface area (TPSA) is 105 Å². The summed E-state index contributed by atoms with van der Waals surface area (Å²) < 4.78 is 22.4. The molecule has 184 valence electrons. The van der Waals surface area contributed by atoms with E-state index in [1.807, 2.05) is 0 Å². The fraction of sp³-hybridized carbons (Fsp3) is 0.500. The van der Waals surface area contributed by atoms with E-state index in [-0.39, 0.29) is 76.0 Å². The van der Waals surface area contributed by atoms with E-state index in [0.717, 1.165) is 0 Å². The molecule has 8 nitrogen and oxygen atoms in total. The van der Waals surface area contributed by atoms with Crippen molar-refractivity contribution in [2.75, 3.05) is 26.4 Å². The molecule has 0 aromatic rings. The Morgan fingerprint density at radius 3 is 0.879 bits per heavy atom. The van der Waals surface area contributed by atoms with Crippen molar-refractivity contribution in [3.8, 4) is 0 Å². The van der Waals surface area contributed by atoms with Gasteiger partial charge in [-0.3, -0.25) is 0 Å². The van der Waals surface area contributed by atoms with Crippen molar-refractivity contribution in [1.82, 2.24) is 0 Å². The summed E-state index contributed by atoms with van der Waals surface area (Å²) in [7, 11) is 0. The van der Waals surface area contributed by atoms with E-state index in [4.69, 9.17) is 18.9 Å². The number of hydrogen-bond acceptors (Lipinski definition) is 8. The van der Waals surface area contributed by atoms with Gasteiger partial charge in [-0.05, 0) is 0 Å². The van der Waals surface area contributed by atoms with Gasteiger partial charge < -0.3 is 0 Å². The second-order valence-electron chi connectivity index (χ2n) is 7.39. The molecule has 0 N–H and O–H groups in total. The molecule has 0 saturated carbocycles. The van der Waals surface area contributed by atoms with Gasteiger partial charge >= 0.3 is 201 Å². The van der Waals surface area contributed by atoms with Gasteiger partial charge in [0.25, 0.3) is 0 Å². The zero-order valence-corrected chi connectivity index (χ0v) is 22.2. The molecule has 0 heterocycles. The Kier molecular flexibility index (Phi) is 17.8. The first-order valence-electron chi connectivity index (χ1n) is 10.9. The van der Waals surface area contributed by atoms with Crippen LogP contribution in [0.25, 0.3) is 0 Å². The van der Waals surface area contributed by atoms with Crippen LogP contribution in [0.1, 0.15) is 25.7 Å². The Hall–Kier alpha value is -2.36. The van der Waals surface area contributed by atoms with Crippen molar-refractivity contribution >= 4 is 42.3 Å². The van der Waals surface area contributed by atoms with Crippen LogP contribution in [0.2, 0.25) is 17.7 Å². The van der Waals surface area contributed by atoms with Gasteiger partial charge in [0.2, 0.25) is 0 Å². The third-order valence-electron chi connectivity index (χ3n) is 4.89. The van der Waals surface area contributed by atoms with E-state index in [0.29, 0.717) is 17.7 Å². The second-order valence-corrected chi connectivity index (χ2v) is 21.7. The van der Waals surface area contributed by atoms with Gasteiger partial charge in [-0.15, -0.1) is 0 Å². The molecular formula is C24H36O8Sn. The van der Waals surface area contributed by atoms with Crippen molar-refractivity contribution in [1.29, 1.82) is 0 Å². The first-order chi connectivity index (χ1) is 15.8. The minimum atomic E-state index is -3.44. The van der Waals surface area contributed by atoms with Crippen molar-refractivity contribution in [2.45, 2.75) is 43.4 Å². The molecule has 0 aliphatic heterocycles. The average Bonchev–Trinajstić information content (AvgIpc) is 2.82. The van der Waals surface area contributed by atoms with E-state index in [2.05, 4.69) is 26.3 Å².